The van der Waals surface area contributed by atoms with Gasteiger partial charge in [-0.05, 0) is 36.4 Å². The Morgan fingerprint density at radius 3 is 2.12 bits per heavy atom. The van der Waals surface area contributed by atoms with Gasteiger partial charge in [0.2, 0.25) is 0 Å². The van der Waals surface area contributed by atoms with Crippen molar-refractivity contribution in [2.24, 2.45) is 0 Å². The van der Waals surface area contributed by atoms with Gasteiger partial charge >= 0.3 is 0 Å². The molecule has 33 heavy (non-hydrogen) atoms. The van der Waals surface area contributed by atoms with E-state index in [1.54, 1.807) is 0 Å². The van der Waals surface area contributed by atoms with Crippen LogP contribution < -0.4 is 4.90 Å². The molecule has 0 aliphatic carbocycles. The van der Waals surface area contributed by atoms with Gasteiger partial charge in [0.05, 0.1) is 18.9 Å². The molecule has 0 bridgehead atoms. The van der Waals surface area contributed by atoms with E-state index in [1.807, 2.05) is 36.4 Å². The summed E-state index contributed by atoms with van der Waals surface area (Å²) in [4.78, 5) is 12.4. The zero-order valence-electron chi connectivity index (χ0n) is 18.3. The molecule has 162 valence electrons. The smallest absolute Gasteiger partial charge is 0.165 e. The number of hydrogen-bond donors (Lipinski definition) is 0. The summed E-state index contributed by atoms with van der Waals surface area (Å²) in [6.07, 6.45) is 0. The number of para-hydroxylation sites is 1. The summed E-state index contributed by atoms with van der Waals surface area (Å²) in [6, 6.07) is 33.4. The van der Waals surface area contributed by atoms with Crippen LogP contribution in [-0.4, -0.2) is 40.8 Å². The van der Waals surface area contributed by atoms with Crippen molar-refractivity contribution in [2.45, 2.75) is 0 Å². The summed E-state index contributed by atoms with van der Waals surface area (Å²) in [5.41, 5.74) is 7.09. The monoisotopic (exact) mass is 432 g/mol. The molecule has 3 aromatic carbocycles. The molecule has 0 radical (unpaired) electrons. The van der Waals surface area contributed by atoms with Crippen LogP contribution in [0.1, 0.15) is 0 Å². The van der Waals surface area contributed by atoms with Gasteiger partial charge in [-0.1, -0.05) is 60.7 Å². The highest BCUT2D eigenvalue weighted by Crippen LogP contribution is 2.30. The molecule has 5 heteroatoms. The van der Waals surface area contributed by atoms with Gasteiger partial charge in [-0.15, -0.1) is 0 Å². The number of ether oxygens (including phenoxy) is 1. The van der Waals surface area contributed by atoms with Crippen molar-refractivity contribution < 1.29 is 4.74 Å². The summed E-state index contributed by atoms with van der Waals surface area (Å²) in [5, 5.41) is 0. The molecule has 6 rings (SSSR count). The third-order valence-electron chi connectivity index (χ3n) is 6.07. The van der Waals surface area contributed by atoms with E-state index < -0.39 is 0 Å². The van der Waals surface area contributed by atoms with Crippen LogP contribution >= 0.6 is 0 Å². The zero-order valence-corrected chi connectivity index (χ0v) is 18.3. The van der Waals surface area contributed by atoms with Gasteiger partial charge < -0.3 is 9.64 Å². The number of aromatic nitrogens is 3. The first-order valence-corrected chi connectivity index (χ1v) is 11.3. The van der Waals surface area contributed by atoms with Crippen molar-refractivity contribution in [3.63, 3.8) is 0 Å². The molecule has 1 fully saturated rings. The van der Waals surface area contributed by atoms with E-state index in [0.29, 0.717) is 0 Å². The van der Waals surface area contributed by atoms with Crippen LogP contribution in [0.3, 0.4) is 0 Å². The van der Waals surface area contributed by atoms with Crippen LogP contribution in [0.4, 0.5) is 5.69 Å². The van der Waals surface area contributed by atoms with Gasteiger partial charge in [-0.2, -0.15) is 0 Å². The summed E-state index contributed by atoms with van der Waals surface area (Å²) in [6.45, 7) is 3.37. The van der Waals surface area contributed by atoms with Crippen molar-refractivity contribution in [3.8, 4) is 28.3 Å². The first kappa shape index (κ1) is 19.7. The van der Waals surface area contributed by atoms with Crippen LogP contribution in [-0.2, 0) is 4.74 Å². The number of nitrogens with zero attached hydrogens (tertiary/aromatic N) is 4. The van der Waals surface area contributed by atoms with Crippen molar-refractivity contribution in [2.75, 3.05) is 31.2 Å². The number of morpholine rings is 1. The molecule has 0 spiro atoms. The molecule has 1 saturated heterocycles. The predicted octanol–water partition coefficient (Wildman–Crippen LogP) is 5.59. The van der Waals surface area contributed by atoms with Gasteiger partial charge in [0.25, 0.3) is 0 Å². The lowest BCUT2D eigenvalue weighted by molar-refractivity contribution is 0.122. The van der Waals surface area contributed by atoms with Crippen LogP contribution in [0.25, 0.3) is 39.5 Å². The molecule has 0 atom stereocenters. The summed E-state index contributed by atoms with van der Waals surface area (Å²) < 4.78 is 7.67. The lowest BCUT2D eigenvalue weighted by atomic mass is 10.1. The molecule has 0 amide bonds. The first-order valence-electron chi connectivity index (χ1n) is 11.3. The molecule has 0 N–H and O–H groups in total. The second-order valence-corrected chi connectivity index (χ2v) is 8.16. The first-order chi connectivity index (χ1) is 16.4. The molecular weight excluding hydrogens is 408 g/mol. The number of hydrogen-bond acceptors (Lipinski definition) is 4. The molecule has 5 aromatic rings. The number of anilines is 1. The Bertz CT molecular complexity index is 1390. The zero-order chi connectivity index (χ0) is 22.0. The van der Waals surface area contributed by atoms with Gasteiger partial charge in [0.15, 0.2) is 5.65 Å². The standard InChI is InChI=1S/C28H24N4O/c1-3-8-21(9-4-1)27-30-26-15-14-25(29-28(26)32(27)23-11-5-2-6-12-23)22-10-7-13-24(20-22)31-16-18-33-19-17-31/h1-15,20H,16-19H2. The Balaban J connectivity index is 1.50. The minimum absolute atomic E-state index is 0.771. The highest BCUT2D eigenvalue weighted by Gasteiger charge is 2.17. The molecule has 3 heterocycles. The molecule has 2 aromatic heterocycles. The SMILES string of the molecule is c1ccc(-c2nc3ccc(-c4cccc(N5CCOCC5)c4)nc3n2-c2ccccc2)cc1. The largest absolute Gasteiger partial charge is 0.378 e. The van der Waals surface area contributed by atoms with Crippen molar-refractivity contribution in [1.82, 2.24) is 14.5 Å². The van der Waals surface area contributed by atoms with E-state index in [2.05, 4.69) is 70.1 Å². The molecular formula is C28H24N4O. The Hall–Kier alpha value is -3.96. The second kappa shape index (κ2) is 8.52. The third-order valence-corrected chi connectivity index (χ3v) is 6.07. The Morgan fingerprint density at radius 2 is 1.33 bits per heavy atom. The predicted molar refractivity (Wildman–Crippen MR) is 133 cm³/mol. The lowest BCUT2D eigenvalue weighted by Gasteiger charge is -2.29. The fourth-order valence-corrected chi connectivity index (χ4v) is 4.40. The maximum Gasteiger partial charge on any atom is 0.165 e. The van der Waals surface area contributed by atoms with Crippen molar-refractivity contribution in [3.05, 3.63) is 97.1 Å². The quantitative estimate of drug-likeness (QED) is 0.371. The minimum Gasteiger partial charge on any atom is -0.378 e. The van der Waals surface area contributed by atoms with E-state index in [-0.39, 0.29) is 0 Å². The second-order valence-electron chi connectivity index (χ2n) is 8.16. The van der Waals surface area contributed by atoms with Gasteiger partial charge in [-0.3, -0.25) is 4.57 Å². The van der Waals surface area contributed by atoms with E-state index in [4.69, 9.17) is 14.7 Å². The van der Waals surface area contributed by atoms with Crippen LogP contribution in [0.5, 0.6) is 0 Å². The van der Waals surface area contributed by atoms with E-state index >= 15 is 0 Å². The van der Waals surface area contributed by atoms with Gasteiger partial charge in [-0.25, -0.2) is 9.97 Å². The third kappa shape index (κ3) is 3.77. The Kier molecular flexibility index (Phi) is 5.09. The summed E-state index contributed by atoms with van der Waals surface area (Å²) in [7, 11) is 0. The fraction of sp³-hybridized carbons (Fsp3) is 0.143. The van der Waals surface area contributed by atoms with Gasteiger partial charge in [0, 0.05) is 35.6 Å². The lowest BCUT2D eigenvalue weighted by Crippen LogP contribution is -2.36. The highest BCUT2D eigenvalue weighted by atomic mass is 16.5. The number of benzene rings is 3. The van der Waals surface area contributed by atoms with Crippen LogP contribution in [0, 0.1) is 0 Å². The summed E-state index contributed by atoms with van der Waals surface area (Å²) in [5.74, 6) is 0.892. The Morgan fingerprint density at radius 1 is 0.636 bits per heavy atom. The fourth-order valence-electron chi connectivity index (χ4n) is 4.40. The van der Waals surface area contributed by atoms with Crippen LogP contribution in [0.2, 0.25) is 0 Å². The van der Waals surface area contributed by atoms with Crippen molar-refractivity contribution >= 4 is 16.9 Å². The molecule has 1 aliphatic heterocycles. The van der Waals surface area contributed by atoms with E-state index in [9.17, 15) is 0 Å². The minimum atomic E-state index is 0.771. The summed E-state index contributed by atoms with van der Waals surface area (Å²) >= 11 is 0. The number of imidazole rings is 1. The molecule has 0 saturated carbocycles. The molecule has 1 aliphatic rings. The van der Waals surface area contributed by atoms with E-state index in [0.717, 1.165) is 65.8 Å². The van der Waals surface area contributed by atoms with Crippen molar-refractivity contribution in [1.29, 1.82) is 0 Å². The Labute approximate surface area is 192 Å². The molecule has 0 unspecified atom stereocenters. The molecule has 5 nitrogen and oxygen atoms in total. The number of pyridine rings is 1. The highest BCUT2D eigenvalue weighted by molar-refractivity contribution is 5.83. The van der Waals surface area contributed by atoms with Gasteiger partial charge in [0.1, 0.15) is 11.3 Å². The maximum absolute atomic E-state index is 5.51. The topological polar surface area (TPSA) is 43.2 Å². The van der Waals surface area contributed by atoms with E-state index in [1.165, 1.54) is 5.69 Å². The average Bonchev–Trinajstić information content (AvgIpc) is 3.29. The number of rotatable bonds is 4. The van der Waals surface area contributed by atoms with Crippen LogP contribution in [0.15, 0.2) is 97.1 Å². The maximum atomic E-state index is 5.51. The number of fused-ring (bicyclic) bond motifs is 1. The average molecular weight is 433 g/mol. The normalized spacial score (nSPS) is 14.0.